The molecule has 1 atom stereocenters. The Morgan fingerprint density at radius 1 is 1.67 bits per heavy atom. The maximum atomic E-state index is 5.03. The van der Waals surface area contributed by atoms with Crippen molar-refractivity contribution in [2.24, 2.45) is 0 Å². The van der Waals surface area contributed by atoms with Gasteiger partial charge < -0.3 is 10.1 Å². The van der Waals surface area contributed by atoms with Gasteiger partial charge in [-0.3, -0.25) is 0 Å². The number of likely N-dealkylation sites (N-methyl/N-ethyl adjacent to an activating group) is 1. The summed E-state index contributed by atoms with van der Waals surface area (Å²) in [6.45, 7) is 0.619. The topological polar surface area (TPSA) is 47.0 Å². The lowest BCUT2D eigenvalue weighted by atomic mass is 10.2. The van der Waals surface area contributed by atoms with Crippen LogP contribution in [0.3, 0.4) is 0 Å². The van der Waals surface area contributed by atoms with Crippen molar-refractivity contribution in [3.05, 3.63) is 24.3 Å². The van der Waals surface area contributed by atoms with Gasteiger partial charge in [-0.25, -0.2) is 9.97 Å². The van der Waals surface area contributed by atoms with Crippen LogP contribution in [0.15, 0.2) is 18.6 Å². The van der Waals surface area contributed by atoms with Crippen LogP contribution in [0.5, 0.6) is 0 Å². The molecule has 1 N–H and O–H groups in total. The molecule has 0 saturated heterocycles. The number of rotatable bonds is 4. The van der Waals surface area contributed by atoms with Gasteiger partial charge in [0.05, 0.1) is 18.3 Å². The number of hydrogen-bond donors (Lipinski definition) is 1. The SMILES string of the molecule is CNC(COC)c1ccncn1. The number of hydrogen-bond acceptors (Lipinski definition) is 4. The highest BCUT2D eigenvalue weighted by Crippen LogP contribution is 2.07. The first kappa shape index (κ1) is 9.09. The van der Waals surface area contributed by atoms with E-state index in [2.05, 4.69) is 15.3 Å². The molecule has 1 heterocycles. The molecule has 66 valence electrons. The molecule has 12 heavy (non-hydrogen) atoms. The van der Waals surface area contributed by atoms with Crippen molar-refractivity contribution < 1.29 is 4.74 Å². The second kappa shape index (κ2) is 4.79. The van der Waals surface area contributed by atoms with Crippen LogP contribution in [0.1, 0.15) is 11.7 Å². The summed E-state index contributed by atoms with van der Waals surface area (Å²) in [5.74, 6) is 0. The van der Waals surface area contributed by atoms with Crippen molar-refractivity contribution in [3.8, 4) is 0 Å². The zero-order valence-corrected chi connectivity index (χ0v) is 7.32. The summed E-state index contributed by atoms with van der Waals surface area (Å²) in [6, 6.07) is 2.03. The first-order chi connectivity index (χ1) is 5.88. The van der Waals surface area contributed by atoms with E-state index in [0.29, 0.717) is 6.61 Å². The van der Waals surface area contributed by atoms with E-state index in [4.69, 9.17) is 4.74 Å². The molecule has 1 aromatic rings. The Hall–Kier alpha value is -1.00. The van der Waals surface area contributed by atoms with Crippen molar-refractivity contribution in [1.29, 1.82) is 0 Å². The molecule has 0 aliphatic carbocycles. The van der Waals surface area contributed by atoms with Crippen molar-refractivity contribution in [2.75, 3.05) is 20.8 Å². The zero-order chi connectivity index (χ0) is 8.81. The van der Waals surface area contributed by atoms with Gasteiger partial charge in [0, 0.05) is 13.3 Å². The number of nitrogens with zero attached hydrogens (tertiary/aromatic N) is 2. The largest absolute Gasteiger partial charge is 0.383 e. The Labute approximate surface area is 72.0 Å². The van der Waals surface area contributed by atoms with E-state index >= 15 is 0 Å². The van der Waals surface area contributed by atoms with E-state index < -0.39 is 0 Å². The van der Waals surface area contributed by atoms with Crippen molar-refractivity contribution >= 4 is 0 Å². The summed E-state index contributed by atoms with van der Waals surface area (Å²) in [5, 5.41) is 3.10. The van der Waals surface area contributed by atoms with Crippen LogP contribution in [0.4, 0.5) is 0 Å². The molecular weight excluding hydrogens is 154 g/mol. The Morgan fingerprint density at radius 2 is 2.50 bits per heavy atom. The van der Waals surface area contributed by atoms with Crippen molar-refractivity contribution in [1.82, 2.24) is 15.3 Å². The van der Waals surface area contributed by atoms with Crippen LogP contribution in [0, 0.1) is 0 Å². The molecule has 0 spiro atoms. The Balaban J connectivity index is 2.66. The van der Waals surface area contributed by atoms with Crippen LogP contribution < -0.4 is 5.32 Å². The lowest BCUT2D eigenvalue weighted by Gasteiger charge is -2.13. The minimum absolute atomic E-state index is 0.151. The zero-order valence-electron chi connectivity index (χ0n) is 7.32. The number of methoxy groups -OCH3 is 1. The van der Waals surface area contributed by atoms with Gasteiger partial charge in [0.25, 0.3) is 0 Å². The average Bonchev–Trinajstić information content (AvgIpc) is 2.15. The molecular formula is C8H13N3O. The predicted molar refractivity (Wildman–Crippen MR) is 45.7 cm³/mol. The van der Waals surface area contributed by atoms with Gasteiger partial charge in [0.2, 0.25) is 0 Å². The molecule has 4 nitrogen and oxygen atoms in total. The highest BCUT2D eigenvalue weighted by molar-refractivity contribution is 5.04. The highest BCUT2D eigenvalue weighted by Gasteiger charge is 2.08. The Morgan fingerprint density at radius 3 is 3.00 bits per heavy atom. The summed E-state index contributed by atoms with van der Waals surface area (Å²) in [7, 11) is 3.55. The van der Waals surface area contributed by atoms with E-state index in [0.717, 1.165) is 5.69 Å². The van der Waals surface area contributed by atoms with Crippen LogP contribution in [0.2, 0.25) is 0 Å². The first-order valence-corrected chi connectivity index (χ1v) is 3.80. The van der Waals surface area contributed by atoms with Gasteiger partial charge >= 0.3 is 0 Å². The molecule has 1 aromatic heterocycles. The smallest absolute Gasteiger partial charge is 0.115 e. The average molecular weight is 167 g/mol. The van der Waals surface area contributed by atoms with Gasteiger partial charge in [-0.2, -0.15) is 0 Å². The number of nitrogens with one attached hydrogen (secondary N) is 1. The second-order valence-electron chi connectivity index (χ2n) is 2.43. The first-order valence-electron chi connectivity index (χ1n) is 3.80. The molecule has 0 radical (unpaired) electrons. The minimum Gasteiger partial charge on any atom is -0.383 e. The summed E-state index contributed by atoms with van der Waals surface area (Å²) < 4.78 is 5.03. The Bertz CT molecular complexity index is 215. The van der Waals surface area contributed by atoms with Crippen molar-refractivity contribution in [3.63, 3.8) is 0 Å². The molecule has 0 amide bonds. The van der Waals surface area contributed by atoms with Crippen LogP contribution in [-0.4, -0.2) is 30.7 Å². The molecule has 0 aromatic carbocycles. The molecule has 1 unspecified atom stereocenters. The van der Waals surface area contributed by atoms with Gasteiger partial charge in [-0.15, -0.1) is 0 Å². The van der Waals surface area contributed by atoms with Crippen LogP contribution in [-0.2, 0) is 4.74 Å². The van der Waals surface area contributed by atoms with Gasteiger partial charge in [-0.05, 0) is 13.1 Å². The fourth-order valence-electron chi connectivity index (χ4n) is 0.990. The van der Waals surface area contributed by atoms with Crippen LogP contribution >= 0.6 is 0 Å². The predicted octanol–water partition coefficient (Wildman–Crippen LogP) is 0.383. The van der Waals surface area contributed by atoms with Crippen LogP contribution in [0.25, 0.3) is 0 Å². The van der Waals surface area contributed by atoms with Gasteiger partial charge in [0.15, 0.2) is 0 Å². The van der Waals surface area contributed by atoms with E-state index in [1.165, 1.54) is 6.33 Å². The summed E-state index contributed by atoms with van der Waals surface area (Å²) in [4.78, 5) is 7.96. The summed E-state index contributed by atoms with van der Waals surface area (Å²) in [5.41, 5.74) is 0.953. The van der Waals surface area contributed by atoms with E-state index in [-0.39, 0.29) is 6.04 Å². The summed E-state index contributed by atoms with van der Waals surface area (Å²) in [6.07, 6.45) is 3.26. The number of ether oxygens (including phenoxy) is 1. The normalized spacial score (nSPS) is 12.8. The molecule has 0 aliphatic heterocycles. The van der Waals surface area contributed by atoms with Gasteiger partial charge in [0.1, 0.15) is 6.33 Å². The number of aromatic nitrogens is 2. The molecule has 0 aliphatic rings. The molecule has 0 bridgehead atoms. The highest BCUT2D eigenvalue weighted by atomic mass is 16.5. The lowest BCUT2D eigenvalue weighted by molar-refractivity contribution is 0.169. The Kier molecular flexibility index (Phi) is 3.63. The van der Waals surface area contributed by atoms with Crippen molar-refractivity contribution in [2.45, 2.75) is 6.04 Å². The third-order valence-corrected chi connectivity index (χ3v) is 1.64. The monoisotopic (exact) mass is 167 g/mol. The maximum absolute atomic E-state index is 5.03. The molecule has 4 heteroatoms. The molecule has 0 saturated carbocycles. The second-order valence-corrected chi connectivity index (χ2v) is 2.43. The van der Waals surface area contributed by atoms with E-state index in [1.54, 1.807) is 13.3 Å². The standard InChI is InChI=1S/C8H13N3O/c1-9-8(5-12-2)7-3-4-10-6-11-7/h3-4,6,8-9H,5H2,1-2H3. The fourth-order valence-corrected chi connectivity index (χ4v) is 0.990. The maximum Gasteiger partial charge on any atom is 0.115 e. The fraction of sp³-hybridized carbons (Fsp3) is 0.500. The minimum atomic E-state index is 0.151. The molecule has 0 fully saturated rings. The molecule has 1 rings (SSSR count). The third-order valence-electron chi connectivity index (χ3n) is 1.64. The van der Waals surface area contributed by atoms with E-state index in [1.807, 2.05) is 13.1 Å². The third kappa shape index (κ3) is 2.25. The van der Waals surface area contributed by atoms with Gasteiger partial charge in [-0.1, -0.05) is 0 Å². The van der Waals surface area contributed by atoms with E-state index in [9.17, 15) is 0 Å². The summed E-state index contributed by atoms with van der Waals surface area (Å²) >= 11 is 0. The quantitative estimate of drug-likeness (QED) is 0.704. The lowest BCUT2D eigenvalue weighted by Crippen LogP contribution is -2.22.